The third-order valence-corrected chi connectivity index (χ3v) is 4.71. The number of nitrogens with zero attached hydrogens (tertiary/aromatic N) is 1. The molecule has 6 nitrogen and oxygen atoms in total. The van der Waals surface area contributed by atoms with Crippen molar-refractivity contribution >= 4 is 21.7 Å². The van der Waals surface area contributed by atoms with E-state index in [-0.39, 0.29) is 16.4 Å². The Labute approximate surface area is 117 Å². The van der Waals surface area contributed by atoms with Crippen LogP contribution in [0.25, 0.3) is 0 Å². The molecule has 0 aliphatic carbocycles. The van der Waals surface area contributed by atoms with Crippen LogP contribution in [0.3, 0.4) is 0 Å². The standard InChI is InChI=1S/C13H15N3O3S/c1-7-3-9-4-8(2)10(12(17)16-13(14)15)5-11(9)20(18,19)6-7/h4-6H,3H2,1-2H3,(H4,14,15,16,17). The van der Waals surface area contributed by atoms with Crippen molar-refractivity contribution in [3.63, 3.8) is 0 Å². The average Bonchev–Trinajstić information content (AvgIpc) is 2.24. The third kappa shape index (κ3) is 2.57. The topological polar surface area (TPSA) is 116 Å². The van der Waals surface area contributed by atoms with Gasteiger partial charge in [0.2, 0.25) is 0 Å². The lowest BCUT2D eigenvalue weighted by atomic mass is 10.00. The van der Waals surface area contributed by atoms with E-state index in [1.54, 1.807) is 19.9 Å². The number of allylic oxidation sites excluding steroid dienone is 1. The first-order chi connectivity index (χ1) is 9.20. The van der Waals surface area contributed by atoms with Gasteiger partial charge in [0.15, 0.2) is 15.8 Å². The molecular formula is C13H15N3O3S. The quantitative estimate of drug-likeness (QED) is 0.582. The minimum atomic E-state index is -3.52. The largest absolute Gasteiger partial charge is 0.370 e. The fourth-order valence-corrected chi connectivity index (χ4v) is 3.75. The van der Waals surface area contributed by atoms with Crippen LogP contribution in [0.15, 0.2) is 33.0 Å². The fraction of sp³-hybridized carbons (Fsp3) is 0.231. The highest BCUT2D eigenvalue weighted by Gasteiger charge is 2.24. The Morgan fingerprint density at radius 2 is 1.90 bits per heavy atom. The van der Waals surface area contributed by atoms with Crippen LogP contribution in [-0.4, -0.2) is 20.3 Å². The maximum absolute atomic E-state index is 12.1. The monoisotopic (exact) mass is 293 g/mol. The second-order valence-electron chi connectivity index (χ2n) is 4.80. The molecule has 20 heavy (non-hydrogen) atoms. The second-order valence-corrected chi connectivity index (χ2v) is 6.57. The molecule has 0 fully saturated rings. The summed E-state index contributed by atoms with van der Waals surface area (Å²) in [4.78, 5) is 15.5. The summed E-state index contributed by atoms with van der Waals surface area (Å²) in [5, 5.41) is 1.22. The average molecular weight is 293 g/mol. The van der Waals surface area contributed by atoms with Crippen LogP contribution in [0.5, 0.6) is 0 Å². The number of guanidine groups is 1. The van der Waals surface area contributed by atoms with Gasteiger partial charge in [-0.2, -0.15) is 4.99 Å². The summed E-state index contributed by atoms with van der Waals surface area (Å²) in [7, 11) is -3.52. The zero-order chi connectivity index (χ0) is 15.1. The normalized spacial score (nSPS) is 16.0. The van der Waals surface area contributed by atoms with Gasteiger partial charge in [0.25, 0.3) is 5.91 Å². The number of carbonyl (C=O) groups is 1. The van der Waals surface area contributed by atoms with Gasteiger partial charge in [-0.05, 0) is 37.5 Å². The van der Waals surface area contributed by atoms with E-state index in [0.29, 0.717) is 17.5 Å². The van der Waals surface area contributed by atoms with Crippen LogP contribution >= 0.6 is 0 Å². The highest BCUT2D eigenvalue weighted by atomic mass is 32.2. The maximum atomic E-state index is 12.1. The minimum absolute atomic E-state index is 0.142. The van der Waals surface area contributed by atoms with Gasteiger partial charge in [-0.3, -0.25) is 4.79 Å². The fourth-order valence-electron chi connectivity index (χ4n) is 2.23. The summed E-state index contributed by atoms with van der Waals surface area (Å²) >= 11 is 0. The zero-order valence-corrected chi connectivity index (χ0v) is 12.0. The smallest absolute Gasteiger partial charge is 0.280 e. The van der Waals surface area contributed by atoms with E-state index in [1.165, 1.54) is 11.5 Å². The molecule has 0 saturated carbocycles. The van der Waals surface area contributed by atoms with Crippen molar-refractivity contribution in [1.82, 2.24) is 0 Å². The first kappa shape index (κ1) is 14.3. The van der Waals surface area contributed by atoms with E-state index in [9.17, 15) is 13.2 Å². The number of aliphatic imine (C=N–C) groups is 1. The van der Waals surface area contributed by atoms with Crippen molar-refractivity contribution in [3.05, 3.63) is 39.8 Å². The van der Waals surface area contributed by atoms with E-state index in [1.807, 2.05) is 0 Å². The van der Waals surface area contributed by atoms with E-state index in [0.717, 1.165) is 5.57 Å². The summed E-state index contributed by atoms with van der Waals surface area (Å²) in [5.41, 5.74) is 12.6. The minimum Gasteiger partial charge on any atom is -0.370 e. The Balaban J connectivity index is 2.64. The predicted octanol–water partition coefficient (Wildman–Crippen LogP) is 0.642. The summed E-state index contributed by atoms with van der Waals surface area (Å²) in [6.45, 7) is 3.48. The maximum Gasteiger partial charge on any atom is 0.280 e. The lowest BCUT2D eigenvalue weighted by Gasteiger charge is -2.17. The Hall–Kier alpha value is -2.15. The molecular weight excluding hydrogens is 278 g/mol. The van der Waals surface area contributed by atoms with Crippen molar-refractivity contribution < 1.29 is 13.2 Å². The van der Waals surface area contributed by atoms with Crippen LogP contribution in [0.1, 0.15) is 28.4 Å². The molecule has 1 amide bonds. The van der Waals surface area contributed by atoms with Gasteiger partial charge in [-0.25, -0.2) is 8.42 Å². The number of hydrogen-bond donors (Lipinski definition) is 2. The lowest BCUT2D eigenvalue weighted by molar-refractivity contribution is 0.100. The van der Waals surface area contributed by atoms with Crippen molar-refractivity contribution in [2.24, 2.45) is 16.5 Å². The highest BCUT2D eigenvalue weighted by molar-refractivity contribution is 7.94. The molecule has 0 aromatic heterocycles. The molecule has 1 aliphatic rings. The van der Waals surface area contributed by atoms with Crippen LogP contribution in [0, 0.1) is 6.92 Å². The van der Waals surface area contributed by atoms with E-state index in [4.69, 9.17) is 11.5 Å². The van der Waals surface area contributed by atoms with Gasteiger partial charge in [0.1, 0.15) is 0 Å². The van der Waals surface area contributed by atoms with E-state index in [2.05, 4.69) is 4.99 Å². The van der Waals surface area contributed by atoms with Crippen LogP contribution < -0.4 is 11.5 Å². The van der Waals surface area contributed by atoms with Crippen LogP contribution in [-0.2, 0) is 16.3 Å². The van der Waals surface area contributed by atoms with E-state index < -0.39 is 15.7 Å². The Morgan fingerprint density at radius 1 is 1.25 bits per heavy atom. The molecule has 1 aromatic rings. The molecule has 2 rings (SSSR count). The van der Waals surface area contributed by atoms with E-state index >= 15 is 0 Å². The zero-order valence-electron chi connectivity index (χ0n) is 11.2. The van der Waals surface area contributed by atoms with Gasteiger partial charge < -0.3 is 11.5 Å². The molecule has 1 aliphatic heterocycles. The van der Waals surface area contributed by atoms with Crippen molar-refractivity contribution in [2.45, 2.75) is 25.2 Å². The van der Waals surface area contributed by atoms with Gasteiger partial charge >= 0.3 is 0 Å². The number of amides is 1. The molecule has 7 heteroatoms. The molecule has 0 radical (unpaired) electrons. The first-order valence-electron chi connectivity index (χ1n) is 5.90. The number of fused-ring (bicyclic) bond motifs is 1. The van der Waals surface area contributed by atoms with Gasteiger partial charge in [0.05, 0.1) is 4.90 Å². The van der Waals surface area contributed by atoms with Gasteiger partial charge in [-0.15, -0.1) is 0 Å². The number of rotatable bonds is 1. The Morgan fingerprint density at radius 3 is 2.50 bits per heavy atom. The molecule has 0 spiro atoms. The summed E-state index contributed by atoms with van der Waals surface area (Å²) < 4.78 is 24.2. The van der Waals surface area contributed by atoms with Crippen molar-refractivity contribution in [3.8, 4) is 0 Å². The van der Waals surface area contributed by atoms with Gasteiger partial charge in [-0.1, -0.05) is 11.6 Å². The lowest BCUT2D eigenvalue weighted by Crippen LogP contribution is -2.24. The van der Waals surface area contributed by atoms with Gasteiger partial charge in [0, 0.05) is 11.0 Å². The Kier molecular flexibility index (Phi) is 3.39. The van der Waals surface area contributed by atoms with Crippen molar-refractivity contribution in [1.29, 1.82) is 0 Å². The third-order valence-electron chi connectivity index (χ3n) is 3.00. The van der Waals surface area contributed by atoms with Crippen LogP contribution in [0.2, 0.25) is 0 Å². The number of hydrogen-bond acceptors (Lipinski definition) is 3. The number of carbonyl (C=O) groups excluding carboxylic acids is 1. The highest BCUT2D eigenvalue weighted by Crippen LogP contribution is 2.30. The molecule has 0 saturated heterocycles. The molecule has 106 valence electrons. The summed E-state index contributed by atoms with van der Waals surface area (Å²) in [6, 6.07) is 3.04. The summed E-state index contributed by atoms with van der Waals surface area (Å²) in [6.07, 6.45) is 0.548. The SMILES string of the molecule is CC1=CS(=O)(=O)c2cc(C(=O)N=C(N)N)c(C)cc2C1. The number of sulfone groups is 1. The first-order valence-corrected chi connectivity index (χ1v) is 7.45. The second kappa shape index (κ2) is 4.75. The van der Waals surface area contributed by atoms with Crippen molar-refractivity contribution in [2.75, 3.05) is 0 Å². The molecule has 1 heterocycles. The number of aryl methyl sites for hydroxylation is 1. The molecule has 1 aromatic carbocycles. The van der Waals surface area contributed by atoms with Crippen LogP contribution in [0.4, 0.5) is 0 Å². The number of nitrogens with two attached hydrogens (primary N) is 2. The summed E-state index contributed by atoms with van der Waals surface area (Å²) in [5.74, 6) is -1.00. The Bertz CT molecular complexity index is 757. The molecule has 0 unspecified atom stereocenters. The molecule has 0 bridgehead atoms. The number of benzene rings is 1. The predicted molar refractivity (Wildman–Crippen MR) is 76.0 cm³/mol. The molecule has 4 N–H and O–H groups in total. The molecule has 0 atom stereocenters.